The average Bonchev–Trinajstić information content (AvgIpc) is 2.98. The number of alkyl halides is 3. The van der Waals surface area contributed by atoms with Gasteiger partial charge in [-0.2, -0.15) is 22.8 Å². The predicted octanol–water partition coefficient (Wildman–Crippen LogP) is 2.63. The molecule has 0 spiro atoms. The first-order chi connectivity index (χ1) is 9.96. The Morgan fingerprint density at radius 3 is 2.81 bits per heavy atom. The highest BCUT2D eigenvalue weighted by molar-refractivity contribution is 7.16. The summed E-state index contributed by atoms with van der Waals surface area (Å²) in [5.41, 5.74) is -0.179. The minimum absolute atomic E-state index is 0.179. The van der Waals surface area contributed by atoms with Crippen LogP contribution in [-0.2, 0) is 11.6 Å². The van der Waals surface area contributed by atoms with Crippen molar-refractivity contribution >= 4 is 16.3 Å². The average molecular weight is 319 g/mol. The first kappa shape index (κ1) is 14.7. The fourth-order valence-corrected chi connectivity index (χ4v) is 4.04. The van der Waals surface area contributed by atoms with Crippen molar-refractivity contribution in [3.05, 3.63) is 10.8 Å². The minimum atomic E-state index is -4.53. The number of aromatic nitrogens is 4. The third-order valence-electron chi connectivity index (χ3n) is 3.90. The van der Waals surface area contributed by atoms with Gasteiger partial charge in [-0.3, -0.25) is 0 Å². The fraction of sp³-hybridized carbons (Fsp3) is 0.750. The van der Waals surface area contributed by atoms with E-state index < -0.39 is 12.0 Å². The molecule has 0 radical (unpaired) electrons. The van der Waals surface area contributed by atoms with E-state index in [1.807, 2.05) is 0 Å². The quantitative estimate of drug-likeness (QED) is 0.945. The molecule has 116 valence electrons. The molecule has 2 aromatic heterocycles. The van der Waals surface area contributed by atoms with E-state index >= 15 is 0 Å². The van der Waals surface area contributed by atoms with Gasteiger partial charge in [0.05, 0.1) is 0 Å². The molecule has 3 rings (SSSR count). The van der Waals surface area contributed by atoms with Gasteiger partial charge in [0.1, 0.15) is 5.01 Å². The highest BCUT2D eigenvalue weighted by Gasteiger charge is 2.41. The van der Waals surface area contributed by atoms with Gasteiger partial charge in [-0.15, -0.1) is 10.2 Å². The molecule has 0 saturated carbocycles. The second kappa shape index (κ2) is 5.20. The Kier molecular flexibility index (Phi) is 3.64. The summed E-state index contributed by atoms with van der Waals surface area (Å²) in [6.07, 6.45) is -0.710. The maximum atomic E-state index is 12.9. The molecule has 1 aliphatic rings. The molecule has 21 heavy (non-hydrogen) atoms. The molecule has 1 N–H and O–H groups in total. The van der Waals surface area contributed by atoms with Crippen molar-refractivity contribution in [1.82, 2.24) is 25.1 Å². The molecule has 9 heteroatoms. The van der Waals surface area contributed by atoms with Crippen LogP contribution >= 0.6 is 11.3 Å². The van der Waals surface area contributed by atoms with Crippen LogP contribution in [0.4, 0.5) is 13.2 Å². The van der Waals surface area contributed by atoms with Gasteiger partial charge in [-0.1, -0.05) is 24.7 Å². The van der Waals surface area contributed by atoms with E-state index in [9.17, 15) is 13.2 Å². The molecule has 2 aromatic rings. The van der Waals surface area contributed by atoms with Crippen molar-refractivity contribution in [3.8, 4) is 0 Å². The van der Waals surface area contributed by atoms with E-state index in [1.54, 1.807) is 0 Å². The van der Waals surface area contributed by atoms with Gasteiger partial charge in [0, 0.05) is 12.0 Å². The summed E-state index contributed by atoms with van der Waals surface area (Å²) in [7, 11) is 0. The van der Waals surface area contributed by atoms with E-state index in [2.05, 4.69) is 27.5 Å². The van der Waals surface area contributed by atoms with Crippen molar-refractivity contribution in [2.24, 2.45) is 0 Å². The van der Waals surface area contributed by atoms with Crippen LogP contribution in [0.1, 0.15) is 43.4 Å². The van der Waals surface area contributed by atoms with Crippen LogP contribution in [0.5, 0.6) is 0 Å². The van der Waals surface area contributed by atoms with Crippen LogP contribution in [0, 0.1) is 0 Å². The van der Waals surface area contributed by atoms with E-state index in [0.29, 0.717) is 0 Å². The lowest BCUT2D eigenvalue weighted by molar-refractivity contribution is -0.146. The van der Waals surface area contributed by atoms with Crippen LogP contribution in [0.15, 0.2) is 0 Å². The largest absolute Gasteiger partial charge is 0.453 e. The summed E-state index contributed by atoms with van der Waals surface area (Å²) in [5.74, 6) is -1.05. The second-order valence-corrected chi connectivity index (χ2v) is 6.39. The molecular weight excluding hydrogens is 303 g/mol. The highest BCUT2D eigenvalue weighted by atomic mass is 32.1. The third-order valence-corrected chi connectivity index (χ3v) is 5.04. The van der Waals surface area contributed by atoms with E-state index in [0.717, 1.165) is 48.3 Å². The number of halogens is 3. The Labute approximate surface area is 123 Å². The molecular formula is C12H16F3N5S. The number of piperidine rings is 1. The van der Waals surface area contributed by atoms with Crippen LogP contribution < -0.4 is 5.32 Å². The highest BCUT2D eigenvalue weighted by Crippen LogP contribution is 2.39. The molecule has 1 saturated heterocycles. The lowest BCUT2D eigenvalue weighted by Crippen LogP contribution is -2.43. The zero-order valence-electron chi connectivity index (χ0n) is 11.6. The van der Waals surface area contributed by atoms with Gasteiger partial charge >= 0.3 is 6.18 Å². The lowest BCUT2D eigenvalue weighted by Gasteiger charge is -2.35. The molecule has 5 nitrogen and oxygen atoms in total. The van der Waals surface area contributed by atoms with Gasteiger partial charge in [-0.25, -0.2) is 0 Å². The standard InChI is InChI=1S/C12H16F3N5S/c1-2-4-11(5-3-6-16-7-11)9-19-20-8(12(13,14)15)17-18-10(20)21-9/h16H,2-7H2,1H3. The zero-order valence-corrected chi connectivity index (χ0v) is 12.4. The van der Waals surface area contributed by atoms with Gasteiger partial charge < -0.3 is 5.32 Å². The van der Waals surface area contributed by atoms with Crippen molar-refractivity contribution in [3.63, 3.8) is 0 Å². The van der Waals surface area contributed by atoms with Gasteiger partial charge in [-0.05, 0) is 25.8 Å². The van der Waals surface area contributed by atoms with Gasteiger partial charge in [0.25, 0.3) is 5.82 Å². The number of fused-ring (bicyclic) bond motifs is 1. The molecule has 0 aromatic carbocycles. The summed E-state index contributed by atoms with van der Waals surface area (Å²) in [4.78, 5) is 0.207. The SMILES string of the molecule is CCCC1(c2nn3c(C(F)(F)F)nnc3s2)CCCNC1. The molecule has 0 bridgehead atoms. The molecule has 3 heterocycles. The number of nitrogens with one attached hydrogen (secondary N) is 1. The van der Waals surface area contributed by atoms with E-state index in [1.165, 1.54) is 11.3 Å². The number of hydrogen-bond acceptors (Lipinski definition) is 5. The van der Waals surface area contributed by atoms with Crippen molar-refractivity contribution < 1.29 is 13.2 Å². The van der Waals surface area contributed by atoms with Crippen molar-refractivity contribution in [2.45, 2.75) is 44.2 Å². The monoisotopic (exact) mass is 319 g/mol. The third kappa shape index (κ3) is 2.52. The number of nitrogens with zero attached hydrogens (tertiary/aromatic N) is 4. The smallest absolute Gasteiger partial charge is 0.316 e. The van der Waals surface area contributed by atoms with E-state index in [-0.39, 0.29) is 10.4 Å². The first-order valence-electron chi connectivity index (χ1n) is 6.97. The molecule has 1 atom stereocenters. The summed E-state index contributed by atoms with van der Waals surface area (Å²) >= 11 is 1.22. The van der Waals surface area contributed by atoms with Crippen LogP contribution in [0.25, 0.3) is 4.96 Å². The Morgan fingerprint density at radius 1 is 1.38 bits per heavy atom. The Balaban J connectivity index is 2.05. The molecule has 0 aliphatic carbocycles. The summed E-state index contributed by atoms with van der Waals surface area (Å²) < 4.78 is 39.5. The maximum Gasteiger partial charge on any atom is 0.453 e. The Hall–Kier alpha value is -1.22. The topological polar surface area (TPSA) is 55.1 Å². The van der Waals surface area contributed by atoms with Crippen LogP contribution in [0.2, 0.25) is 0 Å². The zero-order chi connectivity index (χ0) is 15.1. The maximum absolute atomic E-state index is 12.9. The second-order valence-electron chi connectivity index (χ2n) is 5.43. The summed E-state index contributed by atoms with van der Waals surface area (Å²) in [6.45, 7) is 3.79. The fourth-order valence-electron chi connectivity index (χ4n) is 2.96. The normalized spacial score (nSPS) is 23.8. The molecule has 1 aliphatic heterocycles. The molecule has 1 unspecified atom stereocenters. The van der Waals surface area contributed by atoms with Crippen LogP contribution in [0.3, 0.4) is 0 Å². The Morgan fingerprint density at radius 2 is 2.19 bits per heavy atom. The van der Waals surface area contributed by atoms with Crippen molar-refractivity contribution in [1.29, 1.82) is 0 Å². The Bertz CT molecular complexity index is 621. The predicted molar refractivity (Wildman–Crippen MR) is 72.4 cm³/mol. The minimum Gasteiger partial charge on any atom is -0.316 e. The van der Waals surface area contributed by atoms with Crippen LogP contribution in [-0.4, -0.2) is 32.9 Å². The van der Waals surface area contributed by atoms with Gasteiger partial charge in [0.15, 0.2) is 0 Å². The van der Waals surface area contributed by atoms with Crippen molar-refractivity contribution in [2.75, 3.05) is 13.1 Å². The summed E-state index contributed by atoms with van der Waals surface area (Å²) in [6, 6.07) is 0. The summed E-state index contributed by atoms with van der Waals surface area (Å²) in [5, 5.41) is 15.1. The van der Waals surface area contributed by atoms with Gasteiger partial charge in [0.2, 0.25) is 4.96 Å². The molecule has 0 amide bonds. The lowest BCUT2D eigenvalue weighted by atomic mass is 9.77. The molecule has 1 fully saturated rings. The van der Waals surface area contributed by atoms with E-state index in [4.69, 9.17) is 0 Å². The number of rotatable bonds is 3. The number of hydrogen-bond donors (Lipinski definition) is 1. The first-order valence-corrected chi connectivity index (χ1v) is 7.78.